The lowest BCUT2D eigenvalue weighted by atomic mass is 10.2. The zero-order valence-electron chi connectivity index (χ0n) is 15.6. The Morgan fingerprint density at radius 2 is 1.78 bits per heavy atom. The summed E-state index contributed by atoms with van der Waals surface area (Å²) in [5, 5.41) is 2.66. The van der Waals surface area contributed by atoms with Crippen molar-refractivity contribution in [1.82, 2.24) is 4.31 Å². The topological polar surface area (TPSA) is 79.0 Å². The molecule has 0 aliphatic rings. The molecule has 0 bridgehead atoms. The highest BCUT2D eigenvalue weighted by Crippen LogP contribution is 2.26. The van der Waals surface area contributed by atoms with Crippen molar-refractivity contribution in [3.05, 3.63) is 53.8 Å². The average Bonchev–Trinajstić information content (AvgIpc) is 2.60. The van der Waals surface area contributed by atoms with Crippen molar-refractivity contribution in [1.29, 1.82) is 0 Å². The first-order chi connectivity index (χ1) is 12.6. The van der Waals surface area contributed by atoms with Gasteiger partial charge in [-0.2, -0.15) is 12.7 Å². The summed E-state index contributed by atoms with van der Waals surface area (Å²) >= 11 is 0. The fourth-order valence-corrected chi connectivity index (χ4v) is 3.41. The van der Waals surface area contributed by atoms with E-state index in [9.17, 15) is 17.6 Å². The van der Waals surface area contributed by atoms with E-state index in [1.165, 1.54) is 33.3 Å². The molecule has 9 heteroatoms. The van der Waals surface area contributed by atoms with Crippen LogP contribution < -0.4 is 14.4 Å². The Kier molecular flexibility index (Phi) is 6.40. The van der Waals surface area contributed by atoms with E-state index in [4.69, 9.17) is 4.74 Å². The number of aryl methyl sites for hydroxylation is 1. The van der Waals surface area contributed by atoms with Crippen LogP contribution in [0.15, 0.2) is 42.5 Å². The Hall–Kier alpha value is -2.65. The molecule has 2 rings (SSSR count). The summed E-state index contributed by atoms with van der Waals surface area (Å²) in [7, 11) is 0.219. The second kappa shape index (κ2) is 8.36. The quantitative estimate of drug-likeness (QED) is 0.781. The summed E-state index contributed by atoms with van der Waals surface area (Å²) in [5.41, 5.74) is 1.52. The first kappa shape index (κ1) is 20.7. The van der Waals surface area contributed by atoms with Gasteiger partial charge in [-0.15, -0.1) is 0 Å². The number of hydrogen-bond donors (Lipinski definition) is 1. The van der Waals surface area contributed by atoms with Gasteiger partial charge in [-0.3, -0.25) is 4.79 Å². The van der Waals surface area contributed by atoms with E-state index in [1.54, 1.807) is 12.1 Å². The standard InChI is InChI=1S/C18H22FN3O4S/c1-13-5-10-17(26-4)16(11-13)20-18(23)12-22(27(24,25)21(2)3)15-8-6-14(19)7-9-15/h5-11H,12H2,1-4H3,(H,20,23). The van der Waals surface area contributed by atoms with Gasteiger partial charge in [0.2, 0.25) is 5.91 Å². The monoisotopic (exact) mass is 395 g/mol. The maximum atomic E-state index is 13.2. The number of benzene rings is 2. The maximum absolute atomic E-state index is 13.2. The second-order valence-corrected chi connectivity index (χ2v) is 8.09. The number of anilines is 2. The zero-order valence-corrected chi connectivity index (χ0v) is 16.4. The van der Waals surface area contributed by atoms with Crippen LogP contribution in [0.5, 0.6) is 5.75 Å². The molecule has 1 amide bonds. The molecule has 0 atom stereocenters. The van der Waals surface area contributed by atoms with Gasteiger partial charge < -0.3 is 10.1 Å². The summed E-state index contributed by atoms with van der Waals surface area (Å²) in [6.07, 6.45) is 0. The number of methoxy groups -OCH3 is 1. The normalized spacial score (nSPS) is 11.3. The van der Waals surface area contributed by atoms with Crippen LogP contribution in [-0.2, 0) is 15.0 Å². The van der Waals surface area contributed by atoms with Crippen LogP contribution in [0.2, 0.25) is 0 Å². The molecule has 27 heavy (non-hydrogen) atoms. The van der Waals surface area contributed by atoms with Gasteiger partial charge in [0.25, 0.3) is 0 Å². The van der Waals surface area contributed by atoms with Crippen molar-refractivity contribution in [2.24, 2.45) is 0 Å². The zero-order chi connectivity index (χ0) is 20.2. The highest BCUT2D eigenvalue weighted by molar-refractivity contribution is 7.90. The van der Waals surface area contributed by atoms with Gasteiger partial charge in [0.1, 0.15) is 18.1 Å². The lowest BCUT2D eigenvalue weighted by Gasteiger charge is -2.27. The molecule has 0 radical (unpaired) electrons. The molecule has 7 nitrogen and oxygen atoms in total. The molecule has 0 fully saturated rings. The van der Waals surface area contributed by atoms with Gasteiger partial charge in [0.05, 0.1) is 18.5 Å². The molecular formula is C18H22FN3O4S. The third-order valence-corrected chi connectivity index (χ3v) is 5.59. The van der Waals surface area contributed by atoms with E-state index in [0.717, 1.165) is 26.3 Å². The number of halogens is 1. The number of ether oxygens (including phenoxy) is 1. The number of hydrogen-bond acceptors (Lipinski definition) is 4. The minimum Gasteiger partial charge on any atom is -0.495 e. The molecule has 0 unspecified atom stereocenters. The van der Waals surface area contributed by atoms with Gasteiger partial charge in [0.15, 0.2) is 0 Å². The smallest absolute Gasteiger partial charge is 0.304 e. The van der Waals surface area contributed by atoms with Crippen LogP contribution in [0.25, 0.3) is 0 Å². The van der Waals surface area contributed by atoms with Gasteiger partial charge in [-0.1, -0.05) is 6.07 Å². The predicted octanol–water partition coefficient (Wildman–Crippen LogP) is 2.39. The summed E-state index contributed by atoms with van der Waals surface area (Å²) < 4.78 is 45.6. The molecule has 0 aromatic heterocycles. The van der Waals surface area contributed by atoms with Crippen molar-refractivity contribution in [2.75, 3.05) is 37.4 Å². The lowest BCUT2D eigenvalue weighted by Crippen LogP contribution is -2.44. The third-order valence-electron chi connectivity index (χ3n) is 3.77. The van der Waals surface area contributed by atoms with Crippen LogP contribution in [-0.4, -0.2) is 46.4 Å². The van der Waals surface area contributed by atoms with Gasteiger partial charge >= 0.3 is 10.2 Å². The maximum Gasteiger partial charge on any atom is 0.304 e. The Balaban J connectivity index is 2.31. The minimum absolute atomic E-state index is 0.177. The fraction of sp³-hybridized carbons (Fsp3) is 0.278. The molecule has 0 spiro atoms. The molecule has 1 N–H and O–H groups in total. The molecule has 146 valence electrons. The summed E-state index contributed by atoms with van der Waals surface area (Å²) in [6, 6.07) is 10.1. The van der Waals surface area contributed by atoms with Crippen molar-refractivity contribution >= 4 is 27.5 Å². The lowest BCUT2D eigenvalue weighted by molar-refractivity contribution is -0.114. The van der Waals surface area contributed by atoms with Gasteiger partial charge in [0, 0.05) is 14.1 Å². The Labute approximate surface area is 158 Å². The van der Waals surface area contributed by atoms with Gasteiger partial charge in [-0.05, 0) is 48.9 Å². The molecule has 0 aliphatic heterocycles. The molecule has 0 saturated carbocycles. The minimum atomic E-state index is -3.96. The predicted molar refractivity (Wildman–Crippen MR) is 103 cm³/mol. The first-order valence-electron chi connectivity index (χ1n) is 8.05. The van der Waals surface area contributed by atoms with Crippen LogP contribution in [0.4, 0.5) is 15.8 Å². The van der Waals surface area contributed by atoms with Crippen molar-refractivity contribution < 1.29 is 22.3 Å². The first-order valence-corrected chi connectivity index (χ1v) is 9.45. The fourth-order valence-electron chi connectivity index (χ4n) is 2.35. The van der Waals surface area contributed by atoms with E-state index in [0.29, 0.717) is 11.4 Å². The van der Waals surface area contributed by atoms with E-state index in [-0.39, 0.29) is 5.69 Å². The number of nitrogens with one attached hydrogen (secondary N) is 1. The molecular weight excluding hydrogens is 373 g/mol. The Morgan fingerprint density at radius 1 is 1.15 bits per heavy atom. The van der Waals surface area contributed by atoms with Crippen molar-refractivity contribution in [2.45, 2.75) is 6.92 Å². The summed E-state index contributed by atoms with van der Waals surface area (Å²) in [6.45, 7) is 1.37. The third kappa shape index (κ3) is 4.95. The molecule has 2 aromatic rings. The number of carbonyl (C=O) groups is 1. The highest BCUT2D eigenvalue weighted by Gasteiger charge is 2.27. The Bertz CT molecular complexity index is 915. The Morgan fingerprint density at radius 3 is 2.33 bits per heavy atom. The molecule has 2 aromatic carbocycles. The number of amides is 1. The van der Waals surface area contributed by atoms with Crippen LogP contribution in [0.3, 0.4) is 0 Å². The van der Waals surface area contributed by atoms with E-state index >= 15 is 0 Å². The van der Waals surface area contributed by atoms with Gasteiger partial charge in [-0.25, -0.2) is 8.70 Å². The van der Waals surface area contributed by atoms with Crippen LogP contribution in [0.1, 0.15) is 5.56 Å². The second-order valence-electron chi connectivity index (χ2n) is 6.03. The summed E-state index contributed by atoms with van der Waals surface area (Å²) in [4.78, 5) is 12.5. The number of nitrogens with zero attached hydrogens (tertiary/aromatic N) is 2. The summed E-state index contributed by atoms with van der Waals surface area (Å²) in [5.74, 6) is -0.610. The van der Waals surface area contributed by atoms with E-state index in [2.05, 4.69) is 5.32 Å². The van der Waals surface area contributed by atoms with Crippen LogP contribution in [0, 0.1) is 12.7 Å². The van der Waals surface area contributed by atoms with Crippen molar-refractivity contribution in [3.63, 3.8) is 0 Å². The van der Waals surface area contributed by atoms with Crippen LogP contribution >= 0.6 is 0 Å². The van der Waals surface area contributed by atoms with Crippen molar-refractivity contribution in [3.8, 4) is 5.75 Å². The highest BCUT2D eigenvalue weighted by atomic mass is 32.2. The van der Waals surface area contributed by atoms with E-state index in [1.807, 2.05) is 13.0 Å². The molecule has 0 aliphatic carbocycles. The largest absolute Gasteiger partial charge is 0.495 e. The SMILES string of the molecule is COc1ccc(C)cc1NC(=O)CN(c1ccc(F)cc1)S(=O)(=O)N(C)C. The molecule has 0 saturated heterocycles. The molecule has 0 heterocycles. The number of rotatable bonds is 7. The number of carbonyl (C=O) groups excluding carboxylic acids is 1. The average molecular weight is 395 g/mol. The van der Waals surface area contributed by atoms with E-state index < -0.39 is 28.5 Å².